The molecule has 0 bridgehead atoms. The second-order valence-corrected chi connectivity index (χ2v) is 10.6. The minimum Gasteiger partial charge on any atom is -0.268 e. The molecule has 29 heavy (non-hydrogen) atoms. The molecular weight excluding hydrogens is 400 g/mol. The Labute approximate surface area is 177 Å². The summed E-state index contributed by atoms with van der Waals surface area (Å²) in [4.78, 5) is 16.1. The van der Waals surface area contributed by atoms with Crippen LogP contribution >= 0.6 is 23.1 Å². The first kappa shape index (κ1) is 18.9. The number of para-hydroxylation sites is 1. The molecule has 0 saturated heterocycles. The summed E-state index contributed by atoms with van der Waals surface area (Å²) >= 11 is 3.32. The van der Waals surface area contributed by atoms with Crippen LogP contribution in [0.15, 0.2) is 40.3 Å². The number of benzene rings is 1. The molecule has 1 atom stereocenters. The molecule has 5 nitrogen and oxygen atoms in total. The van der Waals surface area contributed by atoms with E-state index in [1.807, 2.05) is 36.6 Å². The van der Waals surface area contributed by atoms with Crippen molar-refractivity contribution < 1.29 is 0 Å². The van der Waals surface area contributed by atoms with Crippen molar-refractivity contribution in [3.63, 3.8) is 0 Å². The molecule has 1 aliphatic carbocycles. The fourth-order valence-electron chi connectivity index (χ4n) is 4.42. The van der Waals surface area contributed by atoms with Gasteiger partial charge in [0.25, 0.3) is 5.56 Å². The molecule has 0 aliphatic heterocycles. The first-order valence-corrected chi connectivity index (χ1v) is 12.0. The third-order valence-electron chi connectivity index (χ3n) is 6.10. The maximum absolute atomic E-state index is 13.7. The average Bonchev–Trinajstić information content (AvgIpc) is 3.29. The van der Waals surface area contributed by atoms with Gasteiger partial charge in [0.1, 0.15) is 4.83 Å². The molecule has 0 N–H and O–H groups in total. The number of hydrogen-bond acceptors (Lipinski definition) is 5. The summed E-state index contributed by atoms with van der Waals surface area (Å²) in [5, 5.41) is 10.4. The minimum atomic E-state index is 0.0189. The number of rotatable bonds is 2. The summed E-state index contributed by atoms with van der Waals surface area (Å²) in [6.45, 7) is 6.96. The molecule has 1 unspecified atom stereocenters. The van der Waals surface area contributed by atoms with Crippen molar-refractivity contribution in [1.29, 1.82) is 0 Å². The van der Waals surface area contributed by atoms with E-state index in [4.69, 9.17) is 0 Å². The molecule has 0 saturated carbocycles. The van der Waals surface area contributed by atoms with Crippen molar-refractivity contribution in [2.45, 2.75) is 45.2 Å². The van der Waals surface area contributed by atoms with E-state index in [1.54, 1.807) is 27.7 Å². The summed E-state index contributed by atoms with van der Waals surface area (Å²) in [6.07, 6.45) is 5.14. The highest BCUT2D eigenvalue weighted by Crippen LogP contribution is 2.43. The van der Waals surface area contributed by atoms with Crippen LogP contribution in [-0.4, -0.2) is 25.4 Å². The summed E-state index contributed by atoms with van der Waals surface area (Å²) < 4.78 is 3.79. The van der Waals surface area contributed by atoms with E-state index >= 15 is 0 Å². The van der Waals surface area contributed by atoms with E-state index in [0.717, 1.165) is 40.3 Å². The van der Waals surface area contributed by atoms with Gasteiger partial charge in [-0.25, -0.2) is 8.97 Å². The second kappa shape index (κ2) is 6.71. The van der Waals surface area contributed by atoms with Crippen LogP contribution in [0.1, 0.15) is 37.6 Å². The highest BCUT2D eigenvalue weighted by atomic mass is 32.2. The van der Waals surface area contributed by atoms with Gasteiger partial charge in [-0.3, -0.25) is 4.79 Å². The van der Waals surface area contributed by atoms with E-state index in [2.05, 4.69) is 35.4 Å². The lowest BCUT2D eigenvalue weighted by molar-refractivity contribution is 0.218. The maximum atomic E-state index is 13.7. The van der Waals surface area contributed by atoms with Gasteiger partial charge in [0, 0.05) is 4.88 Å². The molecule has 0 spiro atoms. The number of aromatic nitrogens is 4. The molecule has 1 aromatic carbocycles. The van der Waals surface area contributed by atoms with E-state index in [9.17, 15) is 4.79 Å². The molecule has 0 radical (unpaired) electrons. The van der Waals surface area contributed by atoms with Crippen LogP contribution < -0.4 is 5.56 Å². The first-order chi connectivity index (χ1) is 13.9. The van der Waals surface area contributed by atoms with Crippen LogP contribution in [0.5, 0.6) is 0 Å². The van der Waals surface area contributed by atoms with E-state index in [1.165, 1.54) is 10.4 Å². The van der Waals surface area contributed by atoms with Gasteiger partial charge in [0.05, 0.1) is 11.1 Å². The fraction of sp³-hybridized carbons (Fsp3) is 0.409. The number of thioether (sulfide) groups is 1. The van der Waals surface area contributed by atoms with Crippen molar-refractivity contribution in [1.82, 2.24) is 19.2 Å². The Morgan fingerprint density at radius 3 is 2.62 bits per heavy atom. The van der Waals surface area contributed by atoms with Crippen molar-refractivity contribution >= 4 is 39.1 Å². The third-order valence-corrected chi connectivity index (χ3v) is 7.97. The standard InChI is InChI=1S/C22H24N4OS2/c1-22(2,3)13-10-11-15-16(12-13)29-19-17(15)18(27)25(14-8-6-5-7-9-14)20-23-24-21(28-4)26(19)20/h5-9,13H,10-12H2,1-4H3. The van der Waals surface area contributed by atoms with Gasteiger partial charge in [-0.15, -0.1) is 21.5 Å². The predicted octanol–water partition coefficient (Wildman–Crippen LogP) is 4.97. The number of aryl methyl sites for hydroxylation is 1. The molecule has 150 valence electrons. The molecule has 0 fully saturated rings. The molecule has 7 heteroatoms. The van der Waals surface area contributed by atoms with Gasteiger partial charge in [-0.2, -0.15) is 0 Å². The Morgan fingerprint density at radius 2 is 1.93 bits per heavy atom. The minimum absolute atomic E-state index is 0.0189. The highest BCUT2D eigenvalue weighted by molar-refractivity contribution is 7.98. The monoisotopic (exact) mass is 424 g/mol. The lowest BCUT2D eigenvalue weighted by Gasteiger charge is -2.33. The molecule has 4 aromatic rings. The topological polar surface area (TPSA) is 52.2 Å². The Bertz CT molecular complexity index is 1280. The summed E-state index contributed by atoms with van der Waals surface area (Å²) in [6, 6.07) is 9.77. The molecule has 5 rings (SSSR count). The van der Waals surface area contributed by atoms with Gasteiger partial charge < -0.3 is 0 Å². The normalized spacial score (nSPS) is 17.2. The van der Waals surface area contributed by atoms with Gasteiger partial charge in [0.2, 0.25) is 5.78 Å². The Hall–Kier alpha value is -2.12. The van der Waals surface area contributed by atoms with Crippen molar-refractivity contribution in [3.05, 3.63) is 51.1 Å². The van der Waals surface area contributed by atoms with Crippen LogP contribution in [0.25, 0.3) is 21.7 Å². The van der Waals surface area contributed by atoms with Gasteiger partial charge in [-0.1, -0.05) is 50.7 Å². The third kappa shape index (κ3) is 2.86. The Morgan fingerprint density at radius 1 is 1.17 bits per heavy atom. The van der Waals surface area contributed by atoms with Crippen LogP contribution in [-0.2, 0) is 12.8 Å². The number of hydrogen-bond donors (Lipinski definition) is 0. The van der Waals surface area contributed by atoms with E-state index in [-0.39, 0.29) is 11.0 Å². The van der Waals surface area contributed by atoms with Crippen LogP contribution in [0.3, 0.4) is 0 Å². The summed E-state index contributed by atoms with van der Waals surface area (Å²) in [5.74, 6) is 1.22. The lowest BCUT2D eigenvalue weighted by Crippen LogP contribution is -2.27. The summed E-state index contributed by atoms with van der Waals surface area (Å²) in [7, 11) is 0. The van der Waals surface area contributed by atoms with E-state index in [0.29, 0.717) is 11.7 Å². The Kier molecular flexibility index (Phi) is 4.37. The quantitative estimate of drug-likeness (QED) is 0.427. The molecule has 1 aliphatic rings. The number of nitrogens with zero attached hydrogens (tertiary/aromatic N) is 4. The number of fused-ring (bicyclic) bond motifs is 5. The zero-order valence-corrected chi connectivity index (χ0v) is 18.7. The smallest absolute Gasteiger partial charge is 0.268 e. The predicted molar refractivity (Wildman–Crippen MR) is 121 cm³/mol. The lowest BCUT2D eigenvalue weighted by atomic mass is 9.72. The maximum Gasteiger partial charge on any atom is 0.268 e. The van der Waals surface area contributed by atoms with Crippen LogP contribution in [0.2, 0.25) is 0 Å². The largest absolute Gasteiger partial charge is 0.268 e. The number of thiophene rings is 1. The Balaban J connectivity index is 1.86. The first-order valence-electron chi connectivity index (χ1n) is 9.94. The van der Waals surface area contributed by atoms with E-state index < -0.39 is 0 Å². The fourth-order valence-corrected chi connectivity index (χ4v) is 6.37. The molecule has 3 aromatic heterocycles. The molecule has 3 heterocycles. The van der Waals surface area contributed by atoms with Crippen molar-refractivity contribution in [2.24, 2.45) is 11.3 Å². The SMILES string of the molecule is CSc1nnc2n(-c3ccccc3)c(=O)c3c4c(sc3n12)CC(C(C)(C)C)CC4. The highest BCUT2D eigenvalue weighted by Gasteiger charge is 2.33. The average molecular weight is 425 g/mol. The molecule has 0 amide bonds. The van der Waals surface area contributed by atoms with Crippen LogP contribution in [0, 0.1) is 11.3 Å². The van der Waals surface area contributed by atoms with Crippen LogP contribution in [0.4, 0.5) is 0 Å². The van der Waals surface area contributed by atoms with Gasteiger partial charge in [0.15, 0.2) is 5.16 Å². The van der Waals surface area contributed by atoms with Crippen molar-refractivity contribution in [3.8, 4) is 5.69 Å². The van der Waals surface area contributed by atoms with Gasteiger partial charge in [-0.05, 0) is 54.5 Å². The van der Waals surface area contributed by atoms with Gasteiger partial charge >= 0.3 is 0 Å². The zero-order chi connectivity index (χ0) is 20.3. The summed E-state index contributed by atoms with van der Waals surface area (Å²) in [5.41, 5.74) is 2.36. The zero-order valence-electron chi connectivity index (χ0n) is 17.1. The van der Waals surface area contributed by atoms with Crippen molar-refractivity contribution in [2.75, 3.05) is 6.26 Å². The second-order valence-electron chi connectivity index (χ2n) is 8.79. The molecular formula is C22H24N4OS2.